The van der Waals surface area contributed by atoms with Gasteiger partial charge >= 0.3 is 5.97 Å². The Labute approximate surface area is 146 Å². The lowest BCUT2D eigenvalue weighted by atomic mass is 10.2. The second-order valence-electron chi connectivity index (χ2n) is 5.72. The fourth-order valence-electron chi connectivity index (χ4n) is 1.89. The molecule has 0 aliphatic carbocycles. The Balaban J connectivity index is 1.64. The molecule has 0 saturated carbocycles. The molecular formula is C17H21ClN2O4. The third kappa shape index (κ3) is 5.53. The van der Waals surface area contributed by atoms with Gasteiger partial charge in [-0.3, -0.25) is 4.79 Å². The SMILES string of the molecule is Cc1cc(OCCCC(=O)OCc2nc(C(C)C)no2)ccc1Cl. The largest absolute Gasteiger partial charge is 0.494 e. The van der Waals surface area contributed by atoms with Crippen LogP contribution < -0.4 is 4.74 Å². The van der Waals surface area contributed by atoms with Crippen LogP contribution in [0.3, 0.4) is 0 Å². The summed E-state index contributed by atoms with van der Waals surface area (Å²) in [7, 11) is 0. The Kier molecular flexibility index (Phi) is 6.61. The third-order valence-corrected chi connectivity index (χ3v) is 3.70. The summed E-state index contributed by atoms with van der Waals surface area (Å²) in [5, 5.41) is 4.51. The lowest BCUT2D eigenvalue weighted by molar-refractivity contribution is -0.146. The zero-order chi connectivity index (χ0) is 17.5. The number of aromatic nitrogens is 2. The first-order valence-corrected chi connectivity index (χ1v) is 8.20. The molecule has 0 radical (unpaired) electrons. The van der Waals surface area contributed by atoms with Crippen LogP contribution in [0.5, 0.6) is 5.75 Å². The molecule has 24 heavy (non-hydrogen) atoms. The van der Waals surface area contributed by atoms with E-state index in [1.54, 1.807) is 12.1 Å². The number of carbonyl (C=O) groups excluding carboxylic acids is 1. The molecule has 0 aliphatic heterocycles. The Morgan fingerprint density at radius 3 is 2.83 bits per heavy atom. The van der Waals surface area contributed by atoms with Gasteiger partial charge in [-0.1, -0.05) is 30.6 Å². The molecule has 0 unspecified atom stereocenters. The molecule has 0 N–H and O–H groups in total. The highest BCUT2D eigenvalue weighted by Crippen LogP contribution is 2.21. The molecule has 0 fully saturated rings. The number of rotatable bonds is 8. The number of aryl methyl sites for hydroxylation is 1. The summed E-state index contributed by atoms with van der Waals surface area (Å²) in [6, 6.07) is 5.45. The van der Waals surface area contributed by atoms with E-state index < -0.39 is 0 Å². The van der Waals surface area contributed by atoms with Gasteiger partial charge in [-0.15, -0.1) is 0 Å². The van der Waals surface area contributed by atoms with Crippen molar-refractivity contribution >= 4 is 17.6 Å². The van der Waals surface area contributed by atoms with Gasteiger partial charge in [-0.2, -0.15) is 4.98 Å². The van der Waals surface area contributed by atoms with Crippen LogP contribution in [0, 0.1) is 6.92 Å². The molecule has 1 aromatic carbocycles. The van der Waals surface area contributed by atoms with Crippen molar-refractivity contribution in [2.75, 3.05) is 6.61 Å². The summed E-state index contributed by atoms with van der Waals surface area (Å²) in [4.78, 5) is 15.8. The van der Waals surface area contributed by atoms with Crippen LogP contribution >= 0.6 is 11.6 Å². The van der Waals surface area contributed by atoms with Crippen LogP contribution in [-0.4, -0.2) is 22.7 Å². The van der Waals surface area contributed by atoms with Crippen LogP contribution in [0.1, 0.15) is 49.9 Å². The average molecular weight is 353 g/mol. The molecular weight excluding hydrogens is 332 g/mol. The molecule has 0 atom stereocenters. The van der Waals surface area contributed by atoms with E-state index in [-0.39, 0.29) is 24.9 Å². The minimum Gasteiger partial charge on any atom is -0.494 e. The predicted molar refractivity (Wildman–Crippen MR) is 89.1 cm³/mol. The maximum absolute atomic E-state index is 11.7. The van der Waals surface area contributed by atoms with Gasteiger partial charge in [-0.05, 0) is 37.1 Å². The first-order chi connectivity index (χ1) is 11.5. The second-order valence-corrected chi connectivity index (χ2v) is 6.13. The van der Waals surface area contributed by atoms with Crippen molar-refractivity contribution in [3.63, 3.8) is 0 Å². The lowest BCUT2D eigenvalue weighted by Gasteiger charge is -2.07. The number of hydrogen-bond acceptors (Lipinski definition) is 6. The number of carbonyl (C=O) groups is 1. The van der Waals surface area contributed by atoms with Crippen molar-refractivity contribution in [1.82, 2.24) is 10.1 Å². The summed E-state index contributed by atoms with van der Waals surface area (Å²) >= 11 is 5.95. The first kappa shape index (κ1) is 18.3. The van der Waals surface area contributed by atoms with E-state index in [0.29, 0.717) is 29.8 Å². The number of esters is 1. The van der Waals surface area contributed by atoms with Crippen LogP contribution in [0.4, 0.5) is 0 Å². The Morgan fingerprint density at radius 2 is 2.17 bits per heavy atom. The van der Waals surface area contributed by atoms with Gasteiger partial charge in [0.2, 0.25) is 0 Å². The number of hydrogen-bond donors (Lipinski definition) is 0. The van der Waals surface area contributed by atoms with E-state index in [0.717, 1.165) is 11.3 Å². The topological polar surface area (TPSA) is 74.5 Å². The molecule has 0 amide bonds. The summed E-state index contributed by atoms with van der Waals surface area (Å²) in [5.74, 6) is 1.49. The monoisotopic (exact) mass is 352 g/mol. The summed E-state index contributed by atoms with van der Waals surface area (Å²) in [6.07, 6.45) is 0.819. The van der Waals surface area contributed by atoms with E-state index >= 15 is 0 Å². The van der Waals surface area contributed by atoms with Crippen LogP contribution in [-0.2, 0) is 16.1 Å². The molecule has 2 aromatic rings. The third-order valence-electron chi connectivity index (χ3n) is 3.28. The lowest BCUT2D eigenvalue weighted by Crippen LogP contribution is -2.07. The highest BCUT2D eigenvalue weighted by atomic mass is 35.5. The van der Waals surface area contributed by atoms with Crippen molar-refractivity contribution in [2.24, 2.45) is 0 Å². The highest BCUT2D eigenvalue weighted by molar-refractivity contribution is 6.31. The summed E-state index contributed by atoms with van der Waals surface area (Å²) < 4.78 is 15.7. The molecule has 1 aromatic heterocycles. The van der Waals surface area contributed by atoms with Crippen molar-refractivity contribution in [3.05, 3.63) is 40.5 Å². The fourth-order valence-corrected chi connectivity index (χ4v) is 2.01. The number of ether oxygens (including phenoxy) is 2. The second kappa shape index (κ2) is 8.68. The quantitative estimate of drug-likeness (QED) is 0.527. The molecule has 7 heteroatoms. The van der Waals surface area contributed by atoms with Crippen LogP contribution in [0.2, 0.25) is 5.02 Å². The molecule has 1 heterocycles. The van der Waals surface area contributed by atoms with E-state index in [4.69, 9.17) is 25.6 Å². The molecule has 2 rings (SSSR count). The van der Waals surface area contributed by atoms with Crippen molar-refractivity contribution in [1.29, 1.82) is 0 Å². The molecule has 6 nitrogen and oxygen atoms in total. The van der Waals surface area contributed by atoms with E-state index in [2.05, 4.69) is 10.1 Å². The van der Waals surface area contributed by atoms with Gasteiger partial charge in [0.1, 0.15) is 5.75 Å². The Bertz CT molecular complexity index is 685. The van der Waals surface area contributed by atoms with Crippen LogP contribution in [0.15, 0.2) is 22.7 Å². The van der Waals surface area contributed by atoms with Crippen molar-refractivity contribution in [3.8, 4) is 5.75 Å². The fraction of sp³-hybridized carbons (Fsp3) is 0.471. The zero-order valence-corrected chi connectivity index (χ0v) is 14.8. The van der Waals surface area contributed by atoms with Gasteiger partial charge in [0.05, 0.1) is 6.61 Å². The minimum atomic E-state index is -0.324. The van der Waals surface area contributed by atoms with Crippen molar-refractivity contribution in [2.45, 2.75) is 46.1 Å². The van der Waals surface area contributed by atoms with Gasteiger partial charge < -0.3 is 14.0 Å². The van der Waals surface area contributed by atoms with Gasteiger partial charge in [0.15, 0.2) is 12.4 Å². The Morgan fingerprint density at radius 1 is 1.38 bits per heavy atom. The maximum atomic E-state index is 11.7. The van der Waals surface area contributed by atoms with Crippen molar-refractivity contribution < 1.29 is 18.8 Å². The number of halogens is 1. The van der Waals surface area contributed by atoms with E-state index in [9.17, 15) is 4.79 Å². The first-order valence-electron chi connectivity index (χ1n) is 7.82. The molecule has 0 saturated heterocycles. The van der Waals surface area contributed by atoms with Gasteiger partial charge in [0.25, 0.3) is 5.89 Å². The van der Waals surface area contributed by atoms with E-state index in [1.807, 2.05) is 26.8 Å². The normalized spacial score (nSPS) is 10.9. The number of nitrogens with zero attached hydrogens (tertiary/aromatic N) is 2. The standard InChI is InChI=1S/C17H21ClN2O4/c1-11(2)17-19-15(24-20-17)10-23-16(21)5-4-8-22-13-6-7-14(18)12(3)9-13/h6-7,9,11H,4-5,8,10H2,1-3H3. The summed E-state index contributed by atoms with van der Waals surface area (Å²) in [5.41, 5.74) is 0.953. The minimum absolute atomic E-state index is 0.00418. The smallest absolute Gasteiger partial charge is 0.306 e. The Hall–Kier alpha value is -2.08. The molecule has 0 bridgehead atoms. The van der Waals surface area contributed by atoms with Gasteiger partial charge in [0, 0.05) is 17.4 Å². The average Bonchev–Trinajstić information content (AvgIpc) is 3.02. The zero-order valence-electron chi connectivity index (χ0n) is 14.0. The van der Waals surface area contributed by atoms with E-state index in [1.165, 1.54) is 0 Å². The molecule has 0 aliphatic rings. The predicted octanol–water partition coefficient (Wildman–Crippen LogP) is 4.06. The molecule has 130 valence electrons. The van der Waals surface area contributed by atoms with Crippen LogP contribution in [0.25, 0.3) is 0 Å². The van der Waals surface area contributed by atoms with Gasteiger partial charge in [-0.25, -0.2) is 0 Å². The number of benzene rings is 1. The molecule has 0 spiro atoms. The summed E-state index contributed by atoms with van der Waals surface area (Å²) in [6.45, 7) is 6.25. The highest BCUT2D eigenvalue weighted by Gasteiger charge is 2.11. The maximum Gasteiger partial charge on any atom is 0.306 e.